The molecule has 2 N–H and O–H groups in total. The summed E-state index contributed by atoms with van der Waals surface area (Å²) in [7, 11) is 0. The van der Waals surface area contributed by atoms with Crippen molar-refractivity contribution in [3.8, 4) is 0 Å². The monoisotopic (exact) mass is 355 g/mol. The van der Waals surface area contributed by atoms with Crippen LogP contribution in [0.5, 0.6) is 0 Å². The number of piperazine rings is 1. The molecule has 0 unspecified atom stereocenters. The number of carbonyl (C=O) groups is 2. The molecule has 0 atom stereocenters. The van der Waals surface area contributed by atoms with Gasteiger partial charge in [0.05, 0.1) is 6.54 Å². The molecular weight excluding hydrogens is 338 g/mol. The summed E-state index contributed by atoms with van der Waals surface area (Å²) >= 11 is 3.37. The molecule has 0 saturated carbocycles. The smallest absolute Gasteiger partial charge is 0.317 e. The van der Waals surface area contributed by atoms with Crippen LogP contribution in [0.25, 0.3) is 0 Å². The van der Waals surface area contributed by atoms with Crippen LogP contribution in [0, 0.1) is 0 Å². The van der Waals surface area contributed by atoms with E-state index in [1.165, 1.54) is 0 Å². The molecule has 0 aliphatic carbocycles. The van der Waals surface area contributed by atoms with E-state index in [0.29, 0.717) is 32.7 Å². The maximum atomic E-state index is 12.0. The van der Waals surface area contributed by atoms with Crippen molar-refractivity contribution < 1.29 is 14.7 Å². The number of nitrogens with one attached hydrogen (secondary N) is 1. The van der Waals surface area contributed by atoms with Gasteiger partial charge in [0.15, 0.2) is 0 Å². The van der Waals surface area contributed by atoms with Crippen molar-refractivity contribution in [1.29, 1.82) is 0 Å². The standard InChI is InChI=1S/C14H18BrN3O3/c15-12-3-1-11(2-4-12)9-16-14(21)18-7-5-17(6-8-18)10-13(19)20/h1-4H,5-10H2,(H,16,21)(H,19,20). The molecule has 0 spiro atoms. The fraction of sp³-hybridized carbons (Fsp3) is 0.429. The molecule has 1 aliphatic rings. The van der Waals surface area contributed by atoms with Gasteiger partial charge in [-0.2, -0.15) is 0 Å². The number of amides is 2. The zero-order chi connectivity index (χ0) is 15.2. The summed E-state index contributed by atoms with van der Waals surface area (Å²) in [5.41, 5.74) is 1.04. The zero-order valence-corrected chi connectivity index (χ0v) is 13.2. The minimum atomic E-state index is -0.830. The second-order valence-corrected chi connectivity index (χ2v) is 5.86. The van der Waals surface area contributed by atoms with Crippen LogP contribution in [-0.2, 0) is 11.3 Å². The van der Waals surface area contributed by atoms with Crippen LogP contribution in [-0.4, -0.2) is 59.6 Å². The number of carboxylic acids is 1. The largest absolute Gasteiger partial charge is 0.480 e. The van der Waals surface area contributed by atoms with Crippen LogP contribution in [0.1, 0.15) is 5.56 Å². The lowest BCUT2D eigenvalue weighted by Gasteiger charge is -2.33. The maximum absolute atomic E-state index is 12.0. The molecular formula is C14H18BrN3O3. The van der Waals surface area contributed by atoms with Crippen LogP contribution in [0.4, 0.5) is 4.79 Å². The number of hydrogen-bond acceptors (Lipinski definition) is 3. The molecule has 21 heavy (non-hydrogen) atoms. The lowest BCUT2D eigenvalue weighted by molar-refractivity contribution is -0.138. The van der Waals surface area contributed by atoms with Crippen molar-refractivity contribution in [1.82, 2.24) is 15.1 Å². The number of urea groups is 1. The Balaban J connectivity index is 1.74. The lowest BCUT2D eigenvalue weighted by Crippen LogP contribution is -2.52. The zero-order valence-electron chi connectivity index (χ0n) is 11.6. The molecule has 0 radical (unpaired) electrons. The Morgan fingerprint density at radius 3 is 2.33 bits per heavy atom. The predicted molar refractivity (Wildman–Crippen MR) is 82.0 cm³/mol. The van der Waals surface area contributed by atoms with E-state index in [9.17, 15) is 9.59 Å². The molecule has 6 nitrogen and oxygen atoms in total. The molecule has 0 bridgehead atoms. The summed E-state index contributed by atoms with van der Waals surface area (Å²) in [4.78, 5) is 26.2. The molecule has 1 aromatic rings. The van der Waals surface area contributed by atoms with Crippen molar-refractivity contribution in [3.05, 3.63) is 34.3 Å². The molecule has 2 rings (SSSR count). The van der Waals surface area contributed by atoms with Crippen LogP contribution < -0.4 is 5.32 Å². The Morgan fingerprint density at radius 1 is 1.14 bits per heavy atom. The van der Waals surface area contributed by atoms with Crippen molar-refractivity contribution in [2.75, 3.05) is 32.7 Å². The quantitative estimate of drug-likeness (QED) is 0.855. The van der Waals surface area contributed by atoms with E-state index < -0.39 is 5.97 Å². The molecule has 1 aliphatic heterocycles. The first kappa shape index (κ1) is 15.8. The molecule has 0 aromatic heterocycles. The maximum Gasteiger partial charge on any atom is 0.317 e. The molecule has 1 heterocycles. The van der Waals surface area contributed by atoms with Gasteiger partial charge in [0.2, 0.25) is 0 Å². The minimum absolute atomic E-state index is 0.0361. The Labute approximate surface area is 131 Å². The summed E-state index contributed by atoms with van der Waals surface area (Å²) in [6.07, 6.45) is 0. The number of hydrogen-bond donors (Lipinski definition) is 2. The summed E-state index contributed by atoms with van der Waals surface area (Å²) in [6, 6.07) is 7.68. The van der Waals surface area contributed by atoms with E-state index in [2.05, 4.69) is 21.2 Å². The summed E-state index contributed by atoms with van der Waals surface area (Å²) in [5.74, 6) is -0.830. The van der Waals surface area contributed by atoms with Gasteiger partial charge in [-0.05, 0) is 17.7 Å². The molecule has 1 aromatic carbocycles. The van der Waals surface area contributed by atoms with Crippen molar-refractivity contribution >= 4 is 27.9 Å². The third kappa shape index (κ3) is 5.02. The van der Waals surface area contributed by atoms with E-state index >= 15 is 0 Å². The minimum Gasteiger partial charge on any atom is -0.480 e. The fourth-order valence-electron chi connectivity index (χ4n) is 2.19. The molecule has 7 heteroatoms. The average molecular weight is 356 g/mol. The average Bonchev–Trinajstić information content (AvgIpc) is 2.46. The topological polar surface area (TPSA) is 72.9 Å². The first-order valence-corrected chi connectivity index (χ1v) is 7.55. The molecule has 1 saturated heterocycles. The first-order chi connectivity index (χ1) is 10.0. The van der Waals surface area contributed by atoms with E-state index in [1.807, 2.05) is 29.2 Å². The van der Waals surface area contributed by atoms with E-state index in [0.717, 1.165) is 10.0 Å². The van der Waals surface area contributed by atoms with Crippen LogP contribution in [0.3, 0.4) is 0 Å². The number of nitrogens with zero attached hydrogens (tertiary/aromatic N) is 2. The predicted octanol–water partition coefficient (Wildman–Crippen LogP) is 1.36. The molecule has 2 amide bonds. The first-order valence-electron chi connectivity index (χ1n) is 6.76. The third-order valence-corrected chi connectivity index (χ3v) is 3.90. The highest BCUT2D eigenvalue weighted by molar-refractivity contribution is 9.10. The van der Waals surface area contributed by atoms with E-state index in [-0.39, 0.29) is 12.6 Å². The summed E-state index contributed by atoms with van der Waals surface area (Å²) in [5, 5.41) is 11.6. The summed E-state index contributed by atoms with van der Waals surface area (Å²) in [6.45, 7) is 2.82. The normalized spacial score (nSPS) is 15.8. The SMILES string of the molecule is O=C(O)CN1CCN(C(=O)NCc2ccc(Br)cc2)CC1. The van der Waals surface area contributed by atoms with Crippen molar-refractivity contribution in [3.63, 3.8) is 0 Å². The fourth-order valence-corrected chi connectivity index (χ4v) is 2.46. The van der Waals surface area contributed by atoms with Gasteiger partial charge in [0.1, 0.15) is 0 Å². The second kappa shape index (κ2) is 7.42. The Hall–Kier alpha value is -1.60. The van der Waals surface area contributed by atoms with Gasteiger partial charge in [0.25, 0.3) is 0 Å². The summed E-state index contributed by atoms with van der Waals surface area (Å²) < 4.78 is 1.01. The van der Waals surface area contributed by atoms with Crippen LogP contribution in [0.15, 0.2) is 28.7 Å². The molecule has 1 fully saturated rings. The third-order valence-electron chi connectivity index (χ3n) is 3.38. The van der Waals surface area contributed by atoms with Gasteiger partial charge < -0.3 is 15.3 Å². The van der Waals surface area contributed by atoms with Gasteiger partial charge in [-0.25, -0.2) is 4.79 Å². The van der Waals surface area contributed by atoms with Crippen molar-refractivity contribution in [2.24, 2.45) is 0 Å². The van der Waals surface area contributed by atoms with E-state index in [4.69, 9.17) is 5.11 Å². The number of carbonyl (C=O) groups excluding carboxylic acids is 1. The Kier molecular flexibility index (Phi) is 5.58. The number of benzene rings is 1. The molecule has 114 valence electrons. The van der Waals surface area contributed by atoms with Crippen molar-refractivity contribution in [2.45, 2.75) is 6.54 Å². The highest BCUT2D eigenvalue weighted by Crippen LogP contribution is 2.10. The van der Waals surface area contributed by atoms with Gasteiger partial charge in [0, 0.05) is 37.2 Å². The van der Waals surface area contributed by atoms with Crippen LogP contribution >= 0.6 is 15.9 Å². The van der Waals surface area contributed by atoms with Gasteiger partial charge in [-0.1, -0.05) is 28.1 Å². The van der Waals surface area contributed by atoms with Crippen LogP contribution in [0.2, 0.25) is 0 Å². The Morgan fingerprint density at radius 2 is 1.76 bits per heavy atom. The second-order valence-electron chi connectivity index (χ2n) is 4.94. The van der Waals surface area contributed by atoms with Gasteiger partial charge >= 0.3 is 12.0 Å². The highest BCUT2D eigenvalue weighted by Gasteiger charge is 2.21. The van der Waals surface area contributed by atoms with E-state index in [1.54, 1.807) is 4.90 Å². The van der Waals surface area contributed by atoms with Gasteiger partial charge in [-0.3, -0.25) is 9.69 Å². The number of rotatable bonds is 4. The number of aliphatic carboxylic acids is 1. The highest BCUT2D eigenvalue weighted by atomic mass is 79.9. The van der Waals surface area contributed by atoms with Gasteiger partial charge in [-0.15, -0.1) is 0 Å². The lowest BCUT2D eigenvalue weighted by atomic mass is 10.2. The number of halogens is 1. The number of carboxylic acid groups (broad SMARTS) is 1. The Bertz CT molecular complexity index is 499.